The zero-order chi connectivity index (χ0) is 8.32. The minimum absolute atomic E-state index is 0.0883. The molecule has 66 valence electrons. The molecule has 1 aliphatic rings. The predicted octanol–water partition coefficient (Wildman–Crippen LogP) is 0.768. The summed E-state index contributed by atoms with van der Waals surface area (Å²) in [6.45, 7) is 5.55. The molecule has 0 aliphatic carbocycles. The SMILES string of the molecule is CC(C)(CO)CC1OCCO1. The summed E-state index contributed by atoms with van der Waals surface area (Å²) in [4.78, 5) is 0. The Bertz CT molecular complexity index is 117. The van der Waals surface area contributed by atoms with E-state index in [0.717, 1.165) is 6.42 Å². The summed E-state index contributed by atoms with van der Waals surface area (Å²) < 4.78 is 10.5. The average molecular weight is 160 g/mol. The molecule has 1 rings (SSSR count). The van der Waals surface area contributed by atoms with E-state index in [-0.39, 0.29) is 18.3 Å². The maximum absolute atomic E-state index is 8.94. The first-order valence-electron chi connectivity index (χ1n) is 3.98. The van der Waals surface area contributed by atoms with Crippen LogP contribution in [0.15, 0.2) is 0 Å². The van der Waals surface area contributed by atoms with Crippen LogP contribution < -0.4 is 0 Å². The highest BCUT2D eigenvalue weighted by Gasteiger charge is 2.26. The zero-order valence-corrected chi connectivity index (χ0v) is 7.17. The fourth-order valence-corrected chi connectivity index (χ4v) is 1.04. The van der Waals surface area contributed by atoms with E-state index >= 15 is 0 Å². The van der Waals surface area contributed by atoms with Crippen LogP contribution in [-0.2, 0) is 9.47 Å². The largest absolute Gasteiger partial charge is 0.396 e. The quantitative estimate of drug-likeness (QED) is 0.662. The third kappa shape index (κ3) is 2.77. The van der Waals surface area contributed by atoms with Crippen molar-refractivity contribution in [2.45, 2.75) is 26.6 Å². The van der Waals surface area contributed by atoms with E-state index in [1.165, 1.54) is 0 Å². The van der Waals surface area contributed by atoms with Gasteiger partial charge in [0.05, 0.1) is 13.2 Å². The van der Waals surface area contributed by atoms with Crippen molar-refractivity contribution in [1.29, 1.82) is 0 Å². The number of aliphatic hydroxyl groups excluding tert-OH is 1. The third-order valence-electron chi connectivity index (χ3n) is 1.84. The molecule has 0 unspecified atom stereocenters. The van der Waals surface area contributed by atoms with E-state index in [0.29, 0.717) is 13.2 Å². The van der Waals surface area contributed by atoms with Crippen LogP contribution in [0.2, 0.25) is 0 Å². The van der Waals surface area contributed by atoms with Gasteiger partial charge >= 0.3 is 0 Å². The van der Waals surface area contributed by atoms with Crippen LogP contribution in [0.1, 0.15) is 20.3 Å². The molecule has 3 nitrogen and oxygen atoms in total. The van der Waals surface area contributed by atoms with Crippen LogP contribution in [0, 0.1) is 5.41 Å². The highest BCUT2D eigenvalue weighted by molar-refractivity contribution is 4.70. The molecule has 11 heavy (non-hydrogen) atoms. The molecule has 0 amide bonds. The van der Waals surface area contributed by atoms with Gasteiger partial charge in [0, 0.05) is 13.0 Å². The number of hydrogen-bond acceptors (Lipinski definition) is 3. The summed E-state index contributed by atoms with van der Waals surface area (Å²) in [7, 11) is 0. The van der Waals surface area contributed by atoms with E-state index in [1.54, 1.807) is 0 Å². The average Bonchev–Trinajstić information content (AvgIpc) is 2.39. The van der Waals surface area contributed by atoms with E-state index in [4.69, 9.17) is 14.6 Å². The van der Waals surface area contributed by atoms with Crippen LogP contribution in [-0.4, -0.2) is 31.2 Å². The minimum Gasteiger partial charge on any atom is -0.396 e. The highest BCUT2D eigenvalue weighted by atomic mass is 16.7. The molecule has 1 aliphatic heterocycles. The van der Waals surface area contributed by atoms with Crippen molar-refractivity contribution in [3.8, 4) is 0 Å². The van der Waals surface area contributed by atoms with Crippen molar-refractivity contribution in [2.24, 2.45) is 5.41 Å². The molecule has 1 fully saturated rings. The van der Waals surface area contributed by atoms with Crippen molar-refractivity contribution in [3.63, 3.8) is 0 Å². The van der Waals surface area contributed by atoms with Gasteiger partial charge in [0.1, 0.15) is 0 Å². The van der Waals surface area contributed by atoms with Crippen molar-refractivity contribution in [1.82, 2.24) is 0 Å². The van der Waals surface area contributed by atoms with Crippen LogP contribution in [0.25, 0.3) is 0 Å². The Kier molecular flexibility index (Phi) is 2.87. The predicted molar refractivity (Wildman–Crippen MR) is 41.2 cm³/mol. The van der Waals surface area contributed by atoms with Gasteiger partial charge in [0.15, 0.2) is 6.29 Å². The van der Waals surface area contributed by atoms with Gasteiger partial charge < -0.3 is 14.6 Å². The van der Waals surface area contributed by atoms with E-state index in [2.05, 4.69) is 0 Å². The summed E-state index contributed by atoms with van der Waals surface area (Å²) in [5.41, 5.74) is -0.0883. The zero-order valence-electron chi connectivity index (χ0n) is 7.17. The number of aliphatic hydroxyl groups is 1. The normalized spacial score (nSPS) is 21.0. The summed E-state index contributed by atoms with van der Waals surface area (Å²) in [6.07, 6.45) is 0.667. The molecule has 0 aromatic rings. The molecule has 0 aromatic carbocycles. The lowest BCUT2D eigenvalue weighted by Crippen LogP contribution is -2.24. The van der Waals surface area contributed by atoms with Gasteiger partial charge in [-0.15, -0.1) is 0 Å². The molecule has 0 bridgehead atoms. The van der Waals surface area contributed by atoms with Crippen LogP contribution in [0.5, 0.6) is 0 Å². The van der Waals surface area contributed by atoms with Gasteiger partial charge in [-0.25, -0.2) is 0 Å². The maximum atomic E-state index is 8.94. The lowest BCUT2D eigenvalue weighted by Gasteiger charge is -2.23. The van der Waals surface area contributed by atoms with Gasteiger partial charge in [-0.05, 0) is 5.41 Å². The van der Waals surface area contributed by atoms with Crippen molar-refractivity contribution >= 4 is 0 Å². The van der Waals surface area contributed by atoms with Crippen molar-refractivity contribution < 1.29 is 14.6 Å². The summed E-state index contributed by atoms with van der Waals surface area (Å²) in [5, 5.41) is 8.94. The number of hydrogen-bond donors (Lipinski definition) is 1. The first-order valence-corrected chi connectivity index (χ1v) is 3.98. The van der Waals surface area contributed by atoms with Crippen LogP contribution in [0.3, 0.4) is 0 Å². The summed E-state index contributed by atoms with van der Waals surface area (Å²) in [5.74, 6) is 0. The Balaban J connectivity index is 2.28. The Morgan fingerprint density at radius 3 is 2.36 bits per heavy atom. The lowest BCUT2D eigenvalue weighted by molar-refractivity contribution is -0.0750. The first-order chi connectivity index (χ1) is 5.14. The Hall–Kier alpha value is -0.120. The monoisotopic (exact) mass is 160 g/mol. The fourth-order valence-electron chi connectivity index (χ4n) is 1.04. The lowest BCUT2D eigenvalue weighted by atomic mass is 9.90. The molecule has 1 N–H and O–H groups in total. The Morgan fingerprint density at radius 2 is 1.91 bits per heavy atom. The van der Waals surface area contributed by atoms with Gasteiger partial charge in [0.2, 0.25) is 0 Å². The standard InChI is InChI=1S/C8H16O3/c1-8(2,6-9)5-7-10-3-4-11-7/h7,9H,3-6H2,1-2H3. The van der Waals surface area contributed by atoms with Gasteiger partial charge in [-0.3, -0.25) is 0 Å². The molecule has 0 atom stereocenters. The van der Waals surface area contributed by atoms with Crippen molar-refractivity contribution in [2.75, 3.05) is 19.8 Å². The maximum Gasteiger partial charge on any atom is 0.158 e. The second-order valence-electron chi connectivity index (χ2n) is 3.70. The smallest absolute Gasteiger partial charge is 0.158 e. The summed E-state index contributed by atoms with van der Waals surface area (Å²) in [6, 6.07) is 0. The minimum atomic E-state index is -0.0999. The van der Waals surface area contributed by atoms with Crippen LogP contribution in [0.4, 0.5) is 0 Å². The van der Waals surface area contributed by atoms with Gasteiger partial charge in [-0.2, -0.15) is 0 Å². The first kappa shape index (κ1) is 8.97. The molecular formula is C8H16O3. The van der Waals surface area contributed by atoms with Gasteiger partial charge in [-0.1, -0.05) is 13.8 Å². The third-order valence-corrected chi connectivity index (χ3v) is 1.84. The molecular weight excluding hydrogens is 144 g/mol. The molecule has 3 heteroatoms. The number of rotatable bonds is 3. The Morgan fingerprint density at radius 1 is 1.36 bits per heavy atom. The second-order valence-corrected chi connectivity index (χ2v) is 3.70. The Labute approximate surface area is 67.3 Å². The molecule has 0 spiro atoms. The fraction of sp³-hybridized carbons (Fsp3) is 1.00. The van der Waals surface area contributed by atoms with Crippen LogP contribution >= 0.6 is 0 Å². The van der Waals surface area contributed by atoms with Gasteiger partial charge in [0.25, 0.3) is 0 Å². The molecule has 0 saturated carbocycles. The molecule has 0 radical (unpaired) electrons. The highest BCUT2D eigenvalue weighted by Crippen LogP contribution is 2.24. The molecule has 1 heterocycles. The molecule has 0 aromatic heterocycles. The molecule has 1 saturated heterocycles. The summed E-state index contributed by atoms with van der Waals surface area (Å²) >= 11 is 0. The van der Waals surface area contributed by atoms with Crippen molar-refractivity contribution in [3.05, 3.63) is 0 Å². The van der Waals surface area contributed by atoms with E-state index in [1.807, 2.05) is 13.8 Å². The van der Waals surface area contributed by atoms with E-state index in [9.17, 15) is 0 Å². The topological polar surface area (TPSA) is 38.7 Å². The van der Waals surface area contributed by atoms with E-state index < -0.39 is 0 Å². The second kappa shape index (κ2) is 3.52. The number of ether oxygens (including phenoxy) is 2.